The predicted molar refractivity (Wildman–Crippen MR) is 93.3 cm³/mol. The Bertz CT molecular complexity index is 974. The second-order valence-corrected chi connectivity index (χ2v) is 6.48. The van der Waals surface area contributed by atoms with Gasteiger partial charge in [-0.05, 0) is 0 Å². The number of nitrogens with zero attached hydrogens (tertiary/aromatic N) is 4. The van der Waals surface area contributed by atoms with Gasteiger partial charge in [-0.3, -0.25) is 4.79 Å². The van der Waals surface area contributed by atoms with E-state index in [1.54, 1.807) is 17.3 Å². The molecule has 0 saturated carbocycles. The summed E-state index contributed by atoms with van der Waals surface area (Å²) in [4.78, 5) is 29.3. The Morgan fingerprint density at radius 1 is 1.32 bits per heavy atom. The van der Waals surface area contributed by atoms with E-state index >= 15 is 0 Å². The maximum atomic E-state index is 11.9. The summed E-state index contributed by atoms with van der Waals surface area (Å²) in [5, 5.41) is 10.5. The molecule has 0 aliphatic carbocycles. The van der Waals surface area contributed by atoms with Gasteiger partial charge in [-0.25, -0.2) is 15.0 Å². The van der Waals surface area contributed by atoms with E-state index in [1.807, 2.05) is 0 Å². The molecular formula is C16H13Cl2N5O2. The van der Waals surface area contributed by atoms with Crippen molar-refractivity contribution in [2.75, 3.05) is 13.2 Å². The summed E-state index contributed by atoms with van der Waals surface area (Å²) in [5.41, 5.74) is 3.91. The molecule has 2 N–H and O–H groups in total. The van der Waals surface area contributed by atoms with Gasteiger partial charge in [0, 0.05) is 54.1 Å². The van der Waals surface area contributed by atoms with Gasteiger partial charge in [0.1, 0.15) is 18.0 Å². The van der Waals surface area contributed by atoms with Gasteiger partial charge in [0.05, 0.1) is 11.2 Å². The van der Waals surface area contributed by atoms with E-state index in [-0.39, 0.29) is 11.1 Å². The number of fused-ring (bicyclic) bond motifs is 3. The van der Waals surface area contributed by atoms with Crippen LogP contribution in [0.3, 0.4) is 0 Å². The van der Waals surface area contributed by atoms with Crippen LogP contribution >= 0.6 is 23.2 Å². The molecular weight excluding hydrogens is 365 g/mol. The first kappa shape index (κ1) is 16.3. The fourth-order valence-corrected chi connectivity index (χ4v) is 3.53. The van der Waals surface area contributed by atoms with Crippen LogP contribution in [0.5, 0.6) is 0 Å². The van der Waals surface area contributed by atoms with Crippen molar-refractivity contribution in [3.05, 3.63) is 40.2 Å². The molecule has 0 bridgehead atoms. The molecule has 9 heteroatoms. The van der Waals surface area contributed by atoms with Crippen LogP contribution < -0.4 is 0 Å². The molecule has 1 aliphatic heterocycles. The summed E-state index contributed by atoms with van der Waals surface area (Å²) in [6, 6.07) is 0. The van der Waals surface area contributed by atoms with Crippen molar-refractivity contribution in [3.8, 4) is 11.3 Å². The largest absolute Gasteiger partial charge is 0.387 e. The third-order valence-electron chi connectivity index (χ3n) is 4.34. The maximum absolute atomic E-state index is 11.9. The molecule has 0 fully saturated rings. The lowest BCUT2D eigenvalue weighted by Crippen LogP contribution is -2.37. The number of amides is 1. The van der Waals surface area contributed by atoms with E-state index < -0.39 is 6.61 Å². The van der Waals surface area contributed by atoms with Gasteiger partial charge in [-0.2, -0.15) is 0 Å². The minimum Gasteiger partial charge on any atom is -0.387 e. The standard InChI is InChI=1S/C16H13Cl2N5O2/c17-13-15-12(14(22-16(13)18)8-3-19-7-20-4-8)9-5-23(11(25)6-24)2-1-10(9)21-15/h3-4,7,21,24H,1-2,5-6H2. The average molecular weight is 378 g/mol. The van der Waals surface area contributed by atoms with Crippen LogP contribution in [0.15, 0.2) is 18.7 Å². The molecule has 7 nitrogen and oxygen atoms in total. The van der Waals surface area contributed by atoms with Crippen molar-refractivity contribution in [3.63, 3.8) is 0 Å². The zero-order valence-electron chi connectivity index (χ0n) is 13.0. The van der Waals surface area contributed by atoms with Crippen LogP contribution in [0.2, 0.25) is 10.2 Å². The Balaban J connectivity index is 1.97. The van der Waals surface area contributed by atoms with Crippen LogP contribution in [0.4, 0.5) is 0 Å². The van der Waals surface area contributed by atoms with Crippen molar-refractivity contribution in [2.45, 2.75) is 13.0 Å². The Labute approximate surface area is 152 Å². The van der Waals surface area contributed by atoms with E-state index in [9.17, 15) is 4.79 Å². The fraction of sp³-hybridized carbons (Fsp3) is 0.250. The van der Waals surface area contributed by atoms with Crippen LogP contribution in [0.25, 0.3) is 22.2 Å². The van der Waals surface area contributed by atoms with E-state index in [1.165, 1.54) is 6.33 Å². The smallest absolute Gasteiger partial charge is 0.248 e. The van der Waals surface area contributed by atoms with Crippen molar-refractivity contribution < 1.29 is 9.90 Å². The van der Waals surface area contributed by atoms with Gasteiger partial charge >= 0.3 is 0 Å². The minimum absolute atomic E-state index is 0.190. The summed E-state index contributed by atoms with van der Waals surface area (Å²) >= 11 is 12.6. The molecule has 0 saturated heterocycles. The number of aromatic nitrogens is 4. The van der Waals surface area contributed by atoms with E-state index in [0.717, 1.165) is 16.6 Å². The quantitative estimate of drug-likeness (QED) is 0.667. The Hall–Kier alpha value is -2.22. The molecule has 0 unspecified atom stereocenters. The van der Waals surface area contributed by atoms with Gasteiger partial charge < -0.3 is 15.0 Å². The number of carbonyl (C=O) groups is 1. The second-order valence-electron chi connectivity index (χ2n) is 5.75. The van der Waals surface area contributed by atoms with Gasteiger partial charge in [0.25, 0.3) is 0 Å². The summed E-state index contributed by atoms with van der Waals surface area (Å²) in [5.74, 6) is -0.308. The number of aliphatic hydroxyl groups excluding tert-OH is 1. The molecule has 3 aromatic rings. The number of carbonyl (C=O) groups excluding carboxylic acids is 1. The number of H-pyrrole nitrogens is 1. The number of pyridine rings is 1. The highest BCUT2D eigenvalue weighted by Crippen LogP contribution is 2.39. The van der Waals surface area contributed by atoms with Crippen LogP contribution in [0.1, 0.15) is 11.3 Å². The van der Waals surface area contributed by atoms with Gasteiger partial charge in [0.15, 0.2) is 5.15 Å². The molecule has 1 aliphatic rings. The number of aromatic amines is 1. The topological polar surface area (TPSA) is 95.0 Å². The van der Waals surface area contributed by atoms with Crippen molar-refractivity contribution in [2.24, 2.45) is 0 Å². The van der Waals surface area contributed by atoms with Crippen molar-refractivity contribution in [1.82, 2.24) is 24.8 Å². The molecule has 128 valence electrons. The van der Waals surface area contributed by atoms with Crippen molar-refractivity contribution >= 4 is 40.0 Å². The lowest BCUT2D eigenvalue weighted by atomic mass is 10.0. The highest BCUT2D eigenvalue weighted by atomic mass is 35.5. The lowest BCUT2D eigenvalue weighted by Gasteiger charge is -2.26. The summed E-state index contributed by atoms with van der Waals surface area (Å²) in [6.45, 7) is 0.388. The maximum Gasteiger partial charge on any atom is 0.248 e. The number of aliphatic hydroxyl groups is 1. The summed E-state index contributed by atoms with van der Waals surface area (Å²) in [7, 11) is 0. The monoisotopic (exact) mass is 377 g/mol. The molecule has 25 heavy (non-hydrogen) atoms. The number of hydrogen-bond acceptors (Lipinski definition) is 5. The molecule has 0 radical (unpaired) electrons. The Morgan fingerprint density at radius 2 is 2.08 bits per heavy atom. The fourth-order valence-electron chi connectivity index (χ4n) is 3.17. The van der Waals surface area contributed by atoms with Crippen LogP contribution in [-0.4, -0.2) is 49.0 Å². The SMILES string of the molecule is O=C(CO)N1CCc2[nH]c3c(Cl)c(Cl)nc(-c4cncnc4)c3c2C1. The zero-order chi connectivity index (χ0) is 17.6. The average Bonchev–Trinajstić information content (AvgIpc) is 3.03. The first-order valence-corrected chi connectivity index (χ1v) is 8.38. The second kappa shape index (κ2) is 6.25. The molecule has 3 aromatic heterocycles. The first-order valence-electron chi connectivity index (χ1n) is 7.62. The minimum atomic E-state index is -0.512. The number of nitrogens with one attached hydrogen (secondary N) is 1. The Kier molecular flexibility index (Phi) is 4.07. The van der Waals surface area contributed by atoms with E-state index in [0.29, 0.717) is 41.3 Å². The third-order valence-corrected chi connectivity index (χ3v) is 5.08. The normalized spacial score (nSPS) is 14.0. The predicted octanol–water partition coefficient (Wildman–Crippen LogP) is 2.20. The number of rotatable bonds is 2. The molecule has 0 atom stereocenters. The van der Waals surface area contributed by atoms with Crippen molar-refractivity contribution in [1.29, 1.82) is 0 Å². The number of hydrogen-bond donors (Lipinski definition) is 2. The highest BCUT2D eigenvalue weighted by Gasteiger charge is 2.27. The molecule has 4 rings (SSSR count). The molecule has 0 spiro atoms. The van der Waals surface area contributed by atoms with Gasteiger partial charge in [0.2, 0.25) is 5.91 Å². The highest BCUT2D eigenvalue weighted by molar-refractivity contribution is 6.44. The van der Waals surface area contributed by atoms with Gasteiger partial charge in [-0.1, -0.05) is 23.2 Å². The molecule has 4 heterocycles. The first-order chi connectivity index (χ1) is 12.1. The molecule has 0 aromatic carbocycles. The summed E-state index contributed by atoms with van der Waals surface area (Å²) in [6.07, 6.45) is 5.37. The Morgan fingerprint density at radius 3 is 2.80 bits per heavy atom. The zero-order valence-corrected chi connectivity index (χ0v) is 14.5. The lowest BCUT2D eigenvalue weighted by molar-refractivity contribution is -0.135. The number of halogens is 2. The van der Waals surface area contributed by atoms with E-state index in [2.05, 4.69) is 19.9 Å². The summed E-state index contributed by atoms with van der Waals surface area (Å²) < 4.78 is 0. The third kappa shape index (κ3) is 2.64. The van der Waals surface area contributed by atoms with Crippen LogP contribution in [-0.2, 0) is 17.8 Å². The van der Waals surface area contributed by atoms with E-state index in [4.69, 9.17) is 28.3 Å². The van der Waals surface area contributed by atoms with Crippen LogP contribution in [0, 0.1) is 0 Å². The molecule has 1 amide bonds. The van der Waals surface area contributed by atoms with Gasteiger partial charge in [-0.15, -0.1) is 0 Å².